The Morgan fingerprint density at radius 3 is 2.33 bits per heavy atom. The van der Waals surface area contributed by atoms with Crippen LogP contribution in [0.4, 0.5) is 0 Å². The van der Waals surface area contributed by atoms with Crippen molar-refractivity contribution in [3.05, 3.63) is 35.9 Å². The molecule has 1 aromatic carbocycles. The van der Waals surface area contributed by atoms with Crippen LogP contribution in [0.3, 0.4) is 0 Å². The molecule has 1 unspecified atom stereocenters. The van der Waals surface area contributed by atoms with E-state index in [4.69, 9.17) is 5.73 Å². The molecule has 0 aromatic heterocycles. The number of nitrogens with one attached hydrogen (secondary N) is 2. The van der Waals surface area contributed by atoms with E-state index in [0.29, 0.717) is 5.56 Å². The molecule has 5 heteroatoms. The molecule has 4 N–H and O–H groups in total. The van der Waals surface area contributed by atoms with E-state index in [0.717, 1.165) is 0 Å². The summed E-state index contributed by atoms with van der Waals surface area (Å²) in [7, 11) is 0. The Balaban J connectivity index is 2.48. The first-order valence-corrected chi connectivity index (χ1v) is 4.52. The van der Waals surface area contributed by atoms with Crippen molar-refractivity contribution in [2.24, 2.45) is 5.73 Å². The second kappa shape index (κ2) is 5.11. The third kappa shape index (κ3) is 3.40. The monoisotopic (exact) mass is 207 g/mol. The number of hydrogen-bond donors (Lipinski definition) is 3. The highest BCUT2D eigenvalue weighted by Gasteiger charge is 2.09. The van der Waals surface area contributed by atoms with Crippen LogP contribution in [0.25, 0.3) is 0 Å². The van der Waals surface area contributed by atoms with Crippen LogP contribution in [0.5, 0.6) is 0 Å². The van der Waals surface area contributed by atoms with Crippen LogP contribution in [0.15, 0.2) is 30.3 Å². The van der Waals surface area contributed by atoms with Gasteiger partial charge in [-0.05, 0) is 19.1 Å². The SMILES string of the molecule is CC(N)C(=O)NNC(=O)c1ccccc1. The van der Waals surface area contributed by atoms with Gasteiger partial charge in [0.2, 0.25) is 0 Å². The van der Waals surface area contributed by atoms with Crippen LogP contribution in [0.2, 0.25) is 0 Å². The average molecular weight is 207 g/mol. The molecule has 0 aliphatic heterocycles. The minimum Gasteiger partial charge on any atom is -0.320 e. The first kappa shape index (κ1) is 11.2. The number of rotatable bonds is 2. The molecule has 0 bridgehead atoms. The smallest absolute Gasteiger partial charge is 0.269 e. The van der Waals surface area contributed by atoms with E-state index in [1.807, 2.05) is 0 Å². The van der Waals surface area contributed by atoms with Gasteiger partial charge in [-0.3, -0.25) is 20.4 Å². The number of nitrogens with two attached hydrogens (primary N) is 1. The minimum absolute atomic E-state index is 0.371. The Bertz CT molecular complexity index is 349. The largest absolute Gasteiger partial charge is 0.320 e. The summed E-state index contributed by atoms with van der Waals surface area (Å²) in [4.78, 5) is 22.4. The number of hydrogen-bond acceptors (Lipinski definition) is 3. The van der Waals surface area contributed by atoms with E-state index in [9.17, 15) is 9.59 Å². The molecule has 15 heavy (non-hydrogen) atoms. The lowest BCUT2D eigenvalue weighted by Crippen LogP contribution is -2.48. The van der Waals surface area contributed by atoms with Gasteiger partial charge in [-0.2, -0.15) is 0 Å². The summed E-state index contributed by atoms with van der Waals surface area (Å²) in [5.74, 6) is -0.802. The van der Waals surface area contributed by atoms with Crippen molar-refractivity contribution >= 4 is 11.8 Å². The van der Waals surface area contributed by atoms with E-state index in [2.05, 4.69) is 10.9 Å². The first-order chi connectivity index (χ1) is 7.11. The maximum Gasteiger partial charge on any atom is 0.269 e. The highest BCUT2D eigenvalue weighted by Crippen LogP contribution is 1.96. The molecule has 0 aliphatic rings. The molecule has 5 nitrogen and oxygen atoms in total. The number of carbonyl (C=O) groups excluding carboxylic acids is 2. The van der Waals surface area contributed by atoms with E-state index < -0.39 is 11.9 Å². The zero-order valence-electron chi connectivity index (χ0n) is 8.36. The van der Waals surface area contributed by atoms with Gasteiger partial charge in [0.1, 0.15) is 0 Å². The van der Waals surface area contributed by atoms with Crippen LogP contribution in [0.1, 0.15) is 17.3 Å². The molecule has 1 aromatic rings. The Labute approximate surface area is 87.6 Å². The number of hydrazine groups is 1. The van der Waals surface area contributed by atoms with Gasteiger partial charge < -0.3 is 5.73 Å². The molecule has 2 amide bonds. The fraction of sp³-hybridized carbons (Fsp3) is 0.200. The number of amides is 2. The van der Waals surface area contributed by atoms with Crippen molar-refractivity contribution in [2.45, 2.75) is 13.0 Å². The lowest BCUT2D eigenvalue weighted by molar-refractivity contribution is -0.122. The van der Waals surface area contributed by atoms with Gasteiger partial charge in [0.25, 0.3) is 11.8 Å². The van der Waals surface area contributed by atoms with Crippen molar-refractivity contribution in [3.8, 4) is 0 Å². The Kier molecular flexibility index (Phi) is 3.82. The Morgan fingerprint density at radius 2 is 1.80 bits per heavy atom. The standard InChI is InChI=1S/C10H13N3O2/c1-7(11)9(14)12-13-10(15)8-5-3-2-4-6-8/h2-7H,11H2,1H3,(H,12,14)(H,13,15). The summed E-state index contributed by atoms with van der Waals surface area (Å²) in [5, 5.41) is 0. The summed E-state index contributed by atoms with van der Waals surface area (Å²) < 4.78 is 0. The molecule has 80 valence electrons. The molecule has 0 saturated carbocycles. The van der Waals surface area contributed by atoms with Crippen LogP contribution in [-0.4, -0.2) is 17.9 Å². The van der Waals surface area contributed by atoms with Crippen molar-refractivity contribution in [1.82, 2.24) is 10.9 Å². The maximum atomic E-state index is 11.4. The molecule has 0 aliphatic carbocycles. The van der Waals surface area contributed by atoms with Crippen LogP contribution < -0.4 is 16.6 Å². The maximum absolute atomic E-state index is 11.4. The van der Waals surface area contributed by atoms with Gasteiger partial charge in [-0.25, -0.2) is 0 Å². The molecule has 0 fully saturated rings. The fourth-order valence-corrected chi connectivity index (χ4v) is 0.894. The third-order valence-electron chi connectivity index (χ3n) is 1.75. The molecule has 1 rings (SSSR count). The highest BCUT2D eigenvalue weighted by atomic mass is 16.2. The van der Waals surface area contributed by atoms with Gasteiger partial charge in [0, 0.05) is 5.56 Å². The molecular formula is C10H13N3O2. The van der Waals surface area contributed by atoms with Gasteiger partial charge in [-0.15, -0.1) is 0 Å². The quantitative estimate of drug-likeness (QED) is 0.587. The molecule has 0 spiro atoms. The molecular weight excluding hydrogens is 194 g/mol. The second-order valence-corrected chi connectivity index (χ2v) is 3.10. The molecule has 0 saturated heterocycles. The molecule has 1 atom stereocenters. The van der Waals surface area contributed by atoms with Gasteiger partial charge in [0.05, 0.1) is 6.04 Å². The predicted molar refractivity (Wildman–Crippen MR) is 55.7 cm³/mol. The van der Waals surface area contributed by atoms with E-state index in [1.165, 1.54) is 6.92 Å². The van der Waals surface area contributed by atoms with Gasteiger partial charge >= 0.3 is 0 Å². The highest BCUT2D eigenvalue weighted by molar-refractivity contribution is 5.95. The number of benzene rings is 1. The summed E-state index contributed by atoms with van der Waals surface area (Å²) in [6, 6.07) is 7.92. The lowest BCUT2D eigenvalue weighted by Gasteiger charge is -2.08. The average Bonchev–Trinajstić information content (AvgIpc) is 2.26. The summed E-state index contributed by atoms with van der Waals surface area (Å²) in [6.45, 7) is 1.53. The Morgan fingerprint density at radius 1 is 1.20 bits per heavy atom. The van der Waals surface area contributed by atoms with Crippen molar-refractivity contribution in [1.29, 1.82) is 0 Å². The third-order valence-corrected chi connectivity index (χ3v) is 1.75. The molecule has 0 heterocycles. The predicted octanol–water partition coefficient (Wildman–Crippen LogP) is -0.205. The van der Waals surface area contributed by atoms with E-state index in [-0.39, 0.29) is 5.91 Å². The van der Waals surface area contributed by atoms with Crippen LogP contribution in [0, 0.1) is 0 Å². The normalized spacial score (nSPS) is 11.6. The van der Waals surface area contributed by atoms with E-state index in [1.54, 1.807) is 30.3 Å². The Hall–Kier alpha value is -1.88. The topological polar surface area (TPSA) is 84.2 Å². The fourth-order valence-electron chi connectivity index (χ4n) is 0.894. The zero-order valence-corrected chi connectivity index (χ0v) is 8.36. The van der Waals surface area contributed by atoms with Crippen molar-refractivity contribution < 1.29 is 9.59 Å². The van der Waals surface area contributed by atoms with Gasteiger partial charge in [-0.1, -0.05) is 18.2 Å². The lowest BCUT2D eigenvalue weighted by atomic mass is 10.2. The zero-order chi connectivity index (χ0) is 11.3. The number of carbonyl (C=O) groups is 2. The summed E-state index contributed by atoms with van der Waals surface area (Å²) in [5.41, 5.74) is 10.3. The van der Waals surface area contributed by atoms with E-state index >= 15 is 0 Å². The van der Waals surface area contributed by atoms with Gasteiger partial charge in [0.15, 0.2) is 0 Å². The van der Waals surface area contributed by atoms with Crippen molar-refractivity contribution in [2.75, 3.05) is 0 Å². The van der Waals surface area contributed by atoms with Crippen LogP contribution >= 0.6 is 0 Å². The summed E-state index contributed by atoms with van der Waals surface area (Å²) >= 11 is 0. The van der Waals surface area contributed by atoms with Crippen molar-refractivity contribution in [3.63, 3.8) is 0 Å². The first-order valence-electron chi connectivity index (χ1n) is 4.52. The molecule has 0 radical (unpaired) electrons. The second-order valence-electron chi connectivity index (χ2n) is 3.10. The minimum atomic E-state index is -0.652. The van der Waals surface area contributed by atoms with Crippen LogP contribution in [-0.2, 0) is 4.79 Å². The summed E-state index contributed by atoms with van der Waals surface area (Å²) in [6.07, 6.45) is 0.